The van der Waals surface area contributed by atoms with Gasteiger partial charge < -0.3 is 19.4 Å². The quantitative estimate of drug-likeness (QED) is 0.427. The maximum absolute atomic E-state index is 12.6. The van der Waals surface area contributed by atoms with Gasteiger partial charge in [0, 0.05) is 34.9 Å². The Morgan fingerprint density at radius 1 is 1.07 bits per heavy atom. The number of anilines is 2. The van der Waals surface area contributed by atoms with Gasteiger partial charge in [-0.25, -0.2) is 0 Å². The summed E-state index contributed by atoms with van der Waals surface area (Å²) in [6.07, 6.45) is 0. The van der Waals surface area contributed by atoms with Crippen LogP contribution in [0.1, 0.15) is 10.6 Å². The molecule has 1 aliphatic heterocycles. The van der Waals surface area contributed by atoms with Crippen LogP contribution in [-0.2, 0) is 4.74 Å². The minimum Gasteiger partial charge on any atom is -0.451 e. The lowest BCUT2D eigenvalue weighted by molar-refractivity contribution is -0.384. The van der Waals surface area contributed by atoms with Gasteiger partial charge in [-0.05, 0) is 36.4 Å². The Hall–Kier alpha value is -3.17. The van der Waals surface area contributed by atoms with E-state index >= 15 is 0 Å². The van der Waals surface area contributed by atoms with Crippen molar-refractivity contribution in [3.63, 3.8) is 0 Å². The number of carbonyl (C=O) groups excluding carboxylic acids is 1. The largest absolute Gasteiger partial charge is 0.451 e. The summed E-state index contributed by atoms with van der Waals surface area (Å²) in [5.74, 6) is 0.195. The first-order valence-electron chi connectivity index (χ1n) is 9.29. The molecule has 0 unspecified atom stereocenters. The molecule has 0 radical (unpaired) electrons. The van der Waals surface area contributed by atoms with Crippen LogP contribution in [0.4, 0.5) is 17.1 Å². The molecule has 1 saturated heterocycles. The van der Waals surface area contributed by atoms with Crippen LogP contribution >= 0.6 is 15.9 Å². The number of benzene rings is 2. The van der Waals surface area contributed by atoms with Crippen molar-refractivity contribution in [3.8, 4) is 11.3 Å². The van der Waals surface area contributed by atoms with Gasteiger partial charge in [0.05, 0.1) is 18.1 Å². The number of nitrogens with one attached hydrogen (secondary N) is 1. The number of hydrogen-bond acceptors (Lipinski definition) is 6. The molecule has 1 N–H and O–H groups in total. The lowest BCUT2D eigenvalue weighted by Gasteiger charge is -2.28. The number of hydrogen-bond donors (Lipinski definition) is 1. The summed E-state index contributed by atoms with van der Waals surface area (Å²) in [5.41, 5.74) is 1.61. The molecule has 3 aromatic rings. The second-order valence-corrected chi connectivity index (χ2v) is 7.60. The molecule has 0 bridgehead atoms. The summed E-state index contributed by atoms with van der Waals surface area (Å²) in [6, 6.07) is 15.4. The Labute approximate surface area is 180 Å². The molecule has 0 atom stereocenters. The lowest BCUT2D eigenvalue weighted by atomic mass is 10.2. The number of amides is 1. The van der Waals surface area contributed by atoms with Crippen LogP contribution in [0.5, 0.6) is 0 Å². The highest BCUT2D eigenvalue weighted by atomic mass is 79.9. The fraction of sp³-hybridized carbons (Fsp3) is 0.190. The van der Waals surface area contributed by atoms with E-state index in [9.17, 15) is 14.9 Å². The van der Waals surface area contributed by atoms with Gasteiger partial charge in [-0.15, -0.1) is 0 Å². The summed E-state index contributed by atoms with van der Waals surface area (Å²) >= 11 is 3.38. The molecule has 1 fully saturated rings. The molecular formula is C21H18BrN3O5. The fourth-order valence-corrected chi connectivity index (χ4v) is 3.51. The van der Waals surface area contributed by atoms with Gasteiger partial charge in [-0.3, -0.25) is 14.9 Å². The monoisotopic (exact) mass is 471 g/mol. The molecule has 4 rings (SSSR count). The number of morpholine rings is 1. The Morgan fingerprint density at radius 3 is 2.50 bits per heavy atom. The minimum atomic E-state index is -0.480. The first kappa shape index (κ1) is 20.1. The first-order valence-corrected chi connectivity index (χ1v) is 10.1. The minimum absolute atomic E-state index is 0.0651. The van der Waals surface area contributed by atoms with Crippen LogP contribution in [-0.4, -0.2) is 37.1 Å². The molecule has 0 saturated carbocycles. The topological polar surface area (TPSA) is 97.9 Å². The van der Waals surface area contributed by atoms with E-state index in [1.54, 1.807) is 24.3 Å². The Kier molecular flexibility index (Phi) is 5.82. The summed E-state index contributed by atoms with van der Waals surface area (Å²) in [5, 5.41) is 14.2. The van der Waals surface area contributed by atoms with E-state index in [-0.39, 0.29) is 11.4 Å². The van der Waals surface area contributed by atoms with Crippen molar-refractivity contribution in [2.24, 2.45) is 0 Å². The first-order chi connectivity index (χ1) is 14.5. The molecule has 1 amide bonds. The predicted molar refractivity (Wildman–Crippen MR) is 116 cm³/mol. The van der Waals surface area contributed by atoms with E-state index in [4.69, 9.17) is 9.15 Å². The molecule has 0 aliphatic carbocycles. The van der Waals surface area contributed by atoms with Crippen LogP contribution in [0.15, 0.2) is 63.5 Å². The van der Waals surface area contributed by atoms with Gasteiger partial charge in [0.1, 0.15) is 11.4 Å². The van der Waals surface area contributed by atoms with Crippen molar-refractivity contribution in [2.45, 2.75) is 0 Å². The maximum atomic E-state index is 12.6. The van der Waals surface area contributed by atoms with E-state index in [0.717, 1.165) is 10.0 Å². The zero-order valence-corrected chi connectivity index (χ0v) is 17.4. The molecule has 1 aromatic heterocycles. The molecule has 0 spiro atoms. The van der Waals surface area contributed by atoms with Gasteiger partial charge in [-0.1, -0.05) is 28.1 Å². The lowest BCUT2D eigenvalue weighted by Crippen LogP contribution is -2.36. The normalized spacial score (nSPS) is 13.8. The number of halogens is 1. The zero-order chi connectivity index (χ0) is 21.1. The van der Waals surface area contributed by atoms with E-state index < -0.39 is 10.8 Å². The highest BCUT2D eigenvalue weighted by molar-refractivity contribution is 9.10. The number of rotatable bonds is 5. The van der Waals surface area contributed by atoms with Crippen LogP contribution in [0, 0.1) is 10.1 Å². The van der Waals surface area contributed by atoms with Crippen molar-refractivity contribution in [1.29, 1.82) is 0 Å². The number of carbonyl (C=O) groups is 1. The third-order valence-corrected chi connectivity index (χ3v) is 5.27. The second kappa shape index (κ2) is 8.68. The second-order valence-electron chi connectivity index (χ2n) is 6.68. The summed E-state index contributed by atoms with van der Waals surface area (Å²) in [4.78, 5) is 25.6. The number of nitrogens with zero attached hydrogens (tertiary/aromatic N) is 2. The molecular weight excluding hydrogens is 454 g/mol. The number of nitro benzene ring substituents is 1. The Bertz CT molecular complexity index is 1070. The van der Waals surface area contributed by atoms with Gasteiger partial charge in [0.2, 0.25) is 0 Å². The predicted octanol–water partition coefficient (Wildman–Crippen LogP) is 4.71. The SMILES string of the molecule is O=C(Nc1ccc(N2CCOCC2)c([N+](=O)[O-])c1)c1ccc(-c2ccc(Br)cc2)o1. The fourth-order valence-electron chi connectivity index (χ4n) is 3.24. The van der Waals surface area contributed by atoms with E-state index in [0.29, 0.717) is 43.4 Å². The number of furan rings is 1. The molecule has 30 heavy (non-hydrogen) atoms. The van der Waals surface area contributed by atoms with Gasteiger partial charge in [0.25, 0.3) is 11.6 Å². The smallest absolute Gasteiger partial charge is 0.294 e. The zero-order valence-electron chi connectivity index (χ0n) is 15.8. The summed E-state index contributed by atoms with van der Waals surface area (Å²) < 4.78 is 11.9. The molecule has 1 aliphatic rings. The third-order valence-electron chi connectivity index (χ3n) is 4.74. The van der Waals surface area contributed by atoms with Crippen LogP contribution in [0.25, 0.3) is 11.3 Å². The average Bonchev–Trinajstić information content (AvgIpc) is 3.25. The van der Waals surface area contributed by atoms with E-state index in [1.165, 1.54) is 6.07 Å². The highest BCUT2D eigenvalue weighted by Crippen LogP contribution is 2.32. The molecule has 9 heteroatoms. The van der Waals surface area contributed by atoms with E-state index in [1.807, 2.05) is 29.2 Å². The average molecular weight is 472 g/mol. The third kappa shape index (κ3) is 4.37. The van der Waals surface area contributed by atoms with Crippen LogP contribution in [0.3, 0.4) is 0 Å². The van der Waals surface area contributed by atoms with Gasteiger partial charge in [0.15, 0.2) is 5.76 Å². The van der Waals surface area contributed by atoms with E-state index in [2.05, 4.69) is 21.2 Å². The Morgan fingerprint density at radius 2 is 1.80 bits per heavy atom. The molecule has 2 aromatic carbocycles. The Balaban J connectivity index is 1.52. The van der Waals surface area contributed by atoms with Crippen molar-refractivity contribution in [1.82, 2.24) is 0 Å². The van der Waals surface area contributed by atoms with Crippen molar-refractivity contribution < 1.29 is 18.9 Å². The van der Waals surface area contributed by atoms with Gasteiger partial charge in [-0.2, -0.15) is 0 Å². The number of nitro groups is 1. The molecule has 8 nitrogen and oxygen atoms in total. The highest BCUT2D eigenvalue weighted by Gasteiger charge is 2.23. The summed E-state index contributed by atoms with van der Waals surface area (Å²) in [6.45, 7) is 2.21. The molecule has 2 heterocycles. The maximum Gasteiger partial charge on any atom is 0.294 e. The van der Waals surface area contributed by atoms with Crippen LogP contribution in [0.2, 0.25) is 0 Å². The van der Waals surface area contributed by atoms with Crippen molar-refractivity contribution >= 4 is 38.9 Å². The molecule has 154 valence electrons. The number of ether oxygens (including phenoxy) is 1. The van der Waals surface area contributed by atoms with Crippen LogP contribution < -0.4 is 10.2 Å². The standard InChI is InChI=1S/C21H18BrN3O5/c22-15-3-1-14(2-4-15)19-7-8-20(30-19)21(26)23-16-5-6-17(18(13-16)25(27)28)24-9-11-29-12-10-24/h1-8,13H,9-12H2,(H,23,26). The van der Waals surface area contributed by atoms with Crippen molar-refractivity contribution in [3.05, 3.63) is 74.9 Å². The van der Waals surface area contributed by atoms with Gasteiger partial charge >= 0.3 is 0 Å². The van der Waals surface area contributed by atoms with Crippen molar-refractivity contribution in [2.75, 3.05) is 36.5 Å². The summed E-state index contributed by atoms with van der Waals surface area (Å²) in [7, 11) is 0.